The van der Waals surface area contributed by atoms with Crippen LogP contribution in [0.1, 0.15) is 6.92 Å². The van der Waals surface area contributed by atoms with Crippen LogP contribution >= 0.6 is 11.6 Å². The van der Waals surface area contributed by atoms with E-state index in [1.165, 1.54) is 7.11 Å². The molecule has 1 heterocycles. The van der Waals surface area contributed by atoms with Crippen LogP contribution in [0.4, 0.5) is 11.4 Å². The van der Waals surface area contributed by atoms with Crippen LogP contribution in [0.15, 0.2) is 36.5 Å². The number of anilines is 2. The summed E-state index contributed by atoms with van der Waals surface area (Å²) in [6, 6.07) is 8.06. The lowest BCUT2D eigenvalue weighted by molar-refractivity contribution is -0.116. The normalized spacial score (nSPS) is 11.5. The van der Waals surface area contributed by atoms with Crippen LogP contribution in [0.5, 0.6) is 11.6 Å². The lowest BCUT2D eigenvalue weighted by Gasteiger charge is -2.16. The molecular formula is C16H18ClN3O3. The van der Waals surface area contributed by atoms with Gasteiger partial charge in [0.1, 0.15) is 11.8 Å². The zero-order chi connectivity index (χ0) is 16.8. The fourth-order valence-electron chi connectivity index (χ4n) is 1.92. The van der Waals surface area contributed by atoms with Gasteiger partial charge >= 0.3 is 0 Å². The lowest BCUT2D eigenvalue weighted by atomic mass is 10.2. The van der Waals surface area contributed by atoms with Crippen LogP contribution in [-0.4, -0.2) is 31.2 Å². The van der Waals surface area contributed by atoms with E-state index in [4.69, 9.17) is 21.1 Å². The highest BCUT2D eigenvalue weighted by molar-refractivity contribution is 6.31. The van der Waals surface area contributed by atoms with Crippen LogP contribution < -0.4 is 20.1 Å². The molecule has 2 aromatic rings. The minimum Gasteiger partial charge on any atom is -0.495 e. The first kappa shape index (κ1) is 16.9. The van der Waals surface area contributed by atoms with Gasteiger partial charge in [0.2, 0.25) is 11.8 Å². The molecule has 1 amide bonds. The monoisotopic (exact) mass is 335 g/mol. The summed E-state index contributed by atoms with van der Waals surface area (Å²) in [5.74, 6) is 0.832. The highest BCUT2D eigenvalue weighted by atomic mass is 35.5. The molecule has 2 rings (SSSR count). The van der Waals surface area contributed by atoms with E-state index in [0.29, 0.717) is 28.0 Å². The first-order valence-corrected chi connectivity index (χ1v) is 7.32. The fourth-order valence-corrected chi connectivity index (χ4v) is 2.09. The van der Waals surface area contributed by atoms with Crippen LogP contribution in [0, 0.1) is 0 Å². The largest absolute Gasteiger partial charge is 0.495 e. The van der Waals surface area contributed by atoms with E-state index in [0.717, 1.165) is 0 Å². The van der Waals surface area contributed by atoms with Gasteiger partial charge in [0, 0.05) is 11.1 Å². The first-order chi connectivity index (χ1) is 11.0. The number of amides is 1. The molecule has 0 aliphatic rings. The molecule has 0 spiro atoms. The standard InChI is InChI=1S/C16H18ClN3O3/c1-10(19-12-5-7-15(23-3)18-9-12)16(21)20-13-8-11(17)4-6-14(13)22-2/h4-10,19H,1-3H3,(H,20,21)/t10-/m0/s1. The van der Waals surface area contributed by atoms with E-state index in [9.17, 15) is 4.79 Å². The van der Waals surface area contributed by atoms with Crippen molar-refractivity contribution in [2.75, 3.05) is 24.9 Å². The molecule has 2 N–H and O–H groups in total. The maximum absolute atomic E-state index is 12.3. The average Bonchev–Trinajstić information content (AvgIpc) is 2.55. The molecule has 7 heteroatoms. The summed E-state index contributed by atoms with van der Waals surface area (Å²) >= 11 is 5.95. The molecule has 1 aromatic heterocycles. The predicted octanol–water partition coefficient (Wildman–Crippen LogP) is 3.19. The molecule has 0 saturated carbocycles. The summed E-state index contributed by atoms with van der Waals surface area (Å²) in [6.45, 7) is 1.75. The highest BCUT2D eigenvalue weighted by Gasteiger charge is 2.15. The summed E-state index contributed by atoms with van der Waals surface area (Å²) in [7, 11) is 3.08. The maximum atomic E-state index is 12.3. The van der Waals surface area contributed by atoms with Gasteiger partial charge in [-0.05, 0) is 31.2 Å². The maximum Gasteiger partial charge on any atom is 0.246 e. The topological polar surface area (TPSA) is 72.5 Å². The summed E-state index contributed by atoms with van der Waals surface area (Å²) < 4.78 is 10.2. The Labute approximate surface area is 139 Å². The molecule has 0 saturated heterocycles. The van der Waals surface area contributed by atoms with Crippen molar-refractivity contribution < 1.29 is 14.3 Å². The summed E-state index contributed by atoms with van der Waals surface area (Å²) in [6.07, 6.45) is 1.60. The van der Waals surface area contributed by atoms with Crippen molar-refractivity contribution in [3.05, 3.63) is 41.6 Å². The molecule has 0 bridgehead atoms. The highest BCUT2D eigenvalue weighted by Crippen LogP contribution is 2.27. The van der Waals surface area contributed by atoms with Crippen LogP contribution in [0.2, 0.25) is 5.02 Å². The van der Waals surface area contributed by atoms with Gasteiger partial charge in [-0.15, -0.1) is 0 Å². The molecule has 0 aliphatic heterocycles. The van der Waals surface area contributed by atoms with Crippen molar-refractivity contribution in [3.63, 3.8) is 0 Å². The molecule has 23 heavy (non-hydrogen) atoms. The fraction of sp³-hybridized carbons (Fsp3) is 0.250. The van der Waals surface area contributed by atoms with Gasteiger partial charge in [0.25, 0.3) is 0 Å². The number of nitrogens with zero attached hydrogens (tertiary/aromatic N) is 1. The Kier molecular flexibility index (Phi) is 5.65. The molecule has 0 unspecified atom stereocenters. The van der Waals surface area contributed by atoms with Crippen molar-refractivity contribution >= 4 is 28.9 Å². The van der Waals surface area contributed by atoms with Gasteiger partial charge in [-0.25, -0.2) is 4.98 Å². The number of halogens is 1. The molecule has 0 fully saturated rings. The zero-order valence-electron chi connectivity index (χ0n) is 13.1. The van der Waals surface area contributed by atoms with Crippen LogP contribution in [-0.2, 0) is 4.79 Å². The summed E-state index contributed by atoms with van der Waals surface area (Å²) in [5, 5.41) is 6.37. The second kappa shape index (κ2) is 7.69. The zero-order valence-corrected chi connectivity index (χ0v) is 13.8. The molecule has 1 aromatic carbocycles. The third-order valence-corrected chi connectivity index (χ3v) is 3.38. The van der Waals surface area contributed by atoms with Crippen molar-refractivity contribution in [1.29, 1.82) is 0 Å². The molecule has 0 radical (unpaired) electrons. The number of hydrogen-bond donors (Lipinski definition) is 2. The van der Waals surface area contributed by atoms with Gasteiger partial charge in [-0.2, -0.15) is 0 Å². The quantitative estimate of drug-likeness (QED) is 0.848. The van der Waals surface area contributed by atoms with Gasteiger partial charge < -0.3 is 20.1 Å². The number of nitrogens with one attached hydrogen (secondary N) is 2. The number of benzene rings is 1. The van der Waals surface area contributed by atoms with E-state index in [-0.39, 0.29) is 5.91 Å². The molecular weight excluding hydrogens is 318 g/mol. The van der Waals surface area contributed by atoms with E-state index in [1.54, 1.807) is 50.6 Å². The van der Waals surface area contributed by atoms with Gasteiger partial charge in [-0.3, -0.25) is 4.79 Å². The summed E-state index contributed by atoms with van der Waals surface area (Å²) in [5.41, 5.74) is 1.23. The number of methoxy groups -OCH3 is 2. The Morgan fingerprint density at radius 2 is 2.00 bits per heavy atom. The minimum absolute atomic E-state index is 0.221. The van der Waals surface area contributed by atoms with Gasteiger partial charge in [0.15, 0.2) is 0 Å². The number of rotatable bonds is 6. The number of aromatic nitrogens is 1. The predicted molar refractivity (Wildman–Crippen MR) is 90.5 cm³/mol. The Bertz CT molecular complexity index is 677. The van der Waals surface area contributed by atoms with Crippen LogP contribution in [0.3, 0.4) is 0 Å². The van der Waals surface area contributed by atoms with Crippen molar-refractivity contribution in [3.8, 4) is 11.6 Å². The van der Waals surface area contributed by atoms with E-state index < -0.39 is 6.04 Å². The second-order valence-electron chi connectivity index (χ2n) is 4.79. The average molecular weight is 336 g/mol. The molecule has 0 aliphatic carbocycles. The van der Waals surface area contributed by atoms with Gasteiger partial charge in [0.05, 0.1) is 31.8 Å². The Morgan fingerprint density at radius 1 is 1.22 bits per heavy atom. The van der Waals surface area contributed by atoms with E-state index >= 15 is 0 Å². The minimum atomic E-state index is -0.478. The SMILES string of the molecule is COc1ccc(N[C@@H](C)C(=O)Nc2cc(Cl)ccc2OC)cn1. The van der Waals surface area contributed by atoms with Crippen molar-refractivity contribution in [2.45, 2.75) is 13.0 Å². The third kappa shape index (κ3) is 4.50. The smallest absolute Gasteiger partial charge is 0.246 e. The molecule has 6 nitrogen and oxygen atoms in total. The molecule has 1 atom stereocenters. The van der Waals surface area contributed by atoms with Crippen molar-refractivity contribution in [1.82, 2.24) is 4.98 Å². The summed E-state index contributed by atoms with van der Waals surface area (Å²) in [4.78, 5) is 16.4. The number of hydrogen-bond acceptors (Lipinski definition) is 5. The Hall–Kier alpha value is -2.47. The van der Waals surface area contributed by atoms with Crippen LogP contribution in [0.25, 0.3) is 0 Å². The number of carbonyl (C=O) groups is 1. The Morgan fingerprint density at radius 3 is 2.61 bits per heavy atom. The second-order valence-corrected chi connectivity index (χ2v) is 5.23. The first-order valence-electron chi connectivity index (χ1n) is 6.94. The number of ether oxygens (including phenoxy) is 2. The number of carbonyl (C=O) groups excluding carboxylic acids is 1. The van der Waals surface area contributed by atoms with E-state index in [2.05, 4.69) is 15.6 Å². The lowest BCUT2D eigenvalue weighted by Crippen LogP contribution is -2.32. The van der Waals surface area contributed by atoms with Crippen molar-refractivity contribution in [2.24, 2.45) is 0 Å². The van der Waals surface area contributed by atoms with E-state index in [1.807, 2.05) is 0 Å². The third-order valence-electron chi connectivity index (χ3n) is 3.14. The van der Waals surface area contributed by atoms with Gasteiger partial charge in [-0.1, -0.05) is 11.6 Å². The molecule has 122 valence electrons. The number of pyridine rings is 1. The Balaban J connectivity index is 2.03.